The zero-order valence-corrected chi connectivity index (χ0v) is 17.9. The second kappa shape index (κ2) is 8.18. The third-order valence-electron chi connectivity index (χ3n) is 5.38. The molecule has 8 nitrogen and oxygen atoms in total. The standard InChI is InChI=1S/C22H30O8/c1-20(2)26-13-16(28-20)17-18-22(19(23)27-17,30-21(3,4)29-18)14-25-11-10-24-12-15-8-6-5-7-9-15/h5-9,16-18H,10-14H2,1-4H3. The normalized spacial score (nSPS) is 34.1. The van der Waals surface area contributed by atoms with E-state index in [1.54, 1.807) is 13.8 Å². The van der Waals surface area contributed by atoms with Gasteiger partial charge in [0.1, 0.15) is 12.2 Å². The number of fused-ring (bicyclic) bond motifs is 1. The zero-order chi connectivity index (χ0) is 21.4. The number of ether oxygens (including phenoxy) is 7. The maximum atomic E-state index is 12.9. The van der Waals surface area contributed by atoms with Crippen molar-refractivity contribution in [2.24, 2.45) is 0 Å². The fourth-order valence-corrected chi connectivity index (χ4v) is 4.12. The highest BCUT2D eigenvalue weighted by molar-refractivity contribution is 5.84. The van der Waals surface area contributed by atoms with E-state index >= 15 is 0 Å². The molecule has 3 aliphatic rings. The number of carbonyl (C=O) groups is 1. The van der Waals surface area contributed by atoms with Gasteiger partial charge in [0.15, 0.2) is 17.7 Å². The molecule has 0 spiro atoms. The van der Waals surface area contributed by atoms with Crippen LogP contribution in [0.3, 0.4) is 0 Å². The summed E-state index contributed by atoms with van der Waals surface area (Å²) in [5.74, 6) is -2.17. The lowest BCUT2D eigenvalue weighted by atomic mass is 9.94. The van der Waals surface area contributed by atoms with Crippen molar-refractivity contribution in [3.63, 3.8) is 0 Å². The summed E-state index contributed by atoms with van der Waals surface area (Å²) < 4.78 is 40.7. The number of hydrogen-bond donors (Lipinski definition) is 0. The molecular formula is C22H30O8. The first kappa shape index (κ1) is 21.7. The van der Waals surface area contributed by atoms with Gasteiger partial charge in [-0.2, -0.15) is 0 Å². The first-order valence-electron chi connectivity index (χ1n) is 10.3. The lowest BCUT2D eigenvalue weighted by Crippen LogP contribution is -2.50. The van der Waals surface area contributed by atoms with Gasteiger partial charge in [0, 0.05) is 0 Å². The summed E-state index contributed by atoms with van der Waals surface area (Å²) in [6, 6.07) is 9.90. The van der Waals surface area contributed by atoms with E-state index in [-0.39, 0.29) is 6.61 Å². The Morgan fingerprint density at radius 2 is 1.73 bits per heavy atom. The maximum Gasteiger partial charge on any atom is 0.344 e. The van der Waals surface area contributed by atoms with Gasteiger partial charge >= 0.3 is 5.97 Å². The maximum absolute atomic E-state index is 12.9. The molecule has 0 bridgehead atoms. The van der Waals surface area contributed by atoms with Crippen LogP contribution in [0, 0.1) is 0 Å². The molecule has 30 heavy (non-hydrogen) atoms. The Balaban J connectivity index is 1.34. The Morgan fingerprint density at radius 3 is 2.43 bits per heavy atom. The second-order valence-corrected chi connectivity index (χ2v) is 8.76. The van der Waals surface area contributed by atoms with Crippen LogP contribution in [0.25, 0.3) is 0 Å². The minimum Gasteiger partial charge on any atom is -0.454 e. The highest BCUT2D eigenvalue weighted by Crippen LogP contribution is 2.46. The molecule has 4 unspecified atom stereocenters. The molecular weight excluding hydrogens is 392 g/mol. The molecule has 3 heterocycles. The molecule has 1 aromatic rings. The third-order valence-corrected chi connectivity index (χ3v) is 5.38. The molecule has 3 fully saturated rings. The van der Waals surface area contributed by atoms with Crippen LogP contribution in [-0.4, -0.2) is 67.9 Å². The van der Waals surface area contributed by atoms with E-state index in [4.69, 9.17) is 33.2 Å². The van der Waals surface area contributed by atoms with Crippen LogP contribution in [0.4, 0.5) is 0 Å². The van der Waals surface area contributed by atoms with Crippen molar-refractivity contribution in [1.29, 1.82) is 0 Å². The molecule has 3 saturated heterocycles. The van der Waals surface area contributed by atoms with Crippen molar-refractivity contribution in [3.8, 4) is 0 Å². The molecule has 4 rings (SSSR count). The molecule has 0 amide bonds. The third kappa shape index (κ3) is 4.39. The van der Waals surface area contributed by atoms with Crippen molar-refractivity contribution in [1.82, 2.24) is 0 Å². The zero-order valence-electron chi connectivity index (χ0n) is 17.9. The van der Waals surface area contributed by atoms with E-state index in [9.17, 15) is 4.79 Å². The average molecular weight is 422 g/mol. The molecule has 0 aliphatic carbocycles. The van der Waals surface area contributed by atoms with E-state index < -0.39 is 41.5 Å². The van der Waals surface area contributed by atoms with E-state index in [1.165, 1.54) is 0 Å². The van der Waals surface area contributed by atoms with E-state index in [0.717, 1.165) is 5.56 Å². The summed E-state index contributed by atoms with van der Waals surface area (Å²) in [6.07, 6.45) is -1.70. The van der Waals surface area contributed by atoms with Gasteiger partial charge in [-0.3, -0.25) is 0 Å². The molecule has 8 heteroatoms. The summed E-state index contributed by atoms with van der Waals surface area (Å²) in [7, 11) is 0. The highest BCUT2D eigenvalue weighted by atomic mass is 16.8. The van der Waals surface area contributed by atoms with Gasteiger partial charge in [-0.15, -0.1) is 0 Å². The topological polar surface area (TPSA) is 81.7 Å². The lowest BCUT2D eigenvalue weighted by Gasteiger charge is -2.25. The van der Waals surface area contributed by atoms with Crippen molar-refractivity contribution in [2.75, 3.05) is 26.4 Å². The van der Waals surface area contributed by atoms with Crippen LogP contribution in [0.1, 0.15) is 33.3 Å². The largest absolute Gasteiger partial charge is 0.454 e. The number of benzene rings is 1. The average Bonchev–Trinajstić information content (AvgIpc) is 3.27. The minimum atomic E-state index is -1.33. The van der Waals surface area contributed by atoms with Gasteiger partial charge in [0.25, 0.3) is 0 Å². The molecule has 3 aliphatic heterocycles. The Kier molecular flexibility index (Phi) is 5.91. The smallest absolute Gasteiger partial charge is 0.344 e. The highest BCUT2D eigenvalue weighted by Gasteiger charge is 2.69. The van der Waals surface area contributed by atoms with Crippen LogP contribution in [0.2, 0.25) is 0 Å². The van der Waals surface area contributed by atoms with Crippen LogP contribution < -0.4 is 0 Å². The monoisotopic (exact) mass is 422 g/mol. The molecule has 0 radical (unpaired) electrons. The summed E-state index contributed by atoms with van der Waals surface area (Å²) in [6.45, 7) is 8.75. The number of esters is 1. The van der Waals surface area contributed by atoms with Crippen molar-refractivity contribution >= 4 is 5.97 Å². The van der Waals surface area contributed by atoms with Crippen LogP contribution >= 0.6 is 0 Å². The molecule has 0 saturated carbocycles. The number of cyclic esters (lactones) is 1. The molecule has 0 N–H and O–H groups in total. The van der Waals surface area contributed by atoms with Gasteiger partial charge in [0.2, 0.25) is 5.60 Å². The second-order valence-electron chi connectivity index (χ2n) is 8.76. The molecule has 1 aromatic carbocycles. The molecule has 166 valence electrons. The summed E-state index contributed by atoms with van der Waals surface area (Å²) in [4.78, 5) is 12.9. The fourth-order valence-electron chi connectivity index (χ4n) is 4.12. The predicted molar refractivity (Wildman–Crippen MR) is 104 cm³/mol. The van der Waals surface area contributed by atoms with Crippen LogP contribution in [0.15, 0.2) is 30.3 Å². The Labute approximate surface area is 176 Å². The minimum absolute atomic E-state index is 0.0160. The predicted octanol–water partition coefficient (Wildman–Crippen LogP) is 2.19. The summed E-state index contributed by atoms with van der Waals surface area (Å²) in [5.41, 5.74) is -0.238. The van der Waals surface area contributed by atoms with Crippen molar-refractivity contribution in [2.45, 2.75) is 69.8 Å². The van der Waals surface area contributed by atoms with Gasteiger partial charge < -0.3 is 33.2 Å². The van der Waals surface area contributed by atoms with E-state index in [0.29, 0.717) is 26.4 Å². The van der Waals surface area contributed by atoms with Gasteiger partial charge in [0.05, 0.1) is 33.0 Å². The number of carbonyl (C=O) groups excluding carboxylic acids is 1. The van der Waals surface area contributed by atoms with Crippen LogP contribution in [0.5, 0.6) is 0 Å². The Bertz CT molecular complexity index is 749. The molecule has 4 atom stereocenters. The van der Waals surface area contributed by atoms with Crippen molar-refractivity contribution in [3.05, 3.63) is 35.9 Å². The lowest BCUT2D eigenvalue weighted by molar-refractivity contribution is -0.212. The van der Waals surface area contributed by atoms with Gasteiger partial charge in [-0.1, -0.05) is 30.3 Å². The van der Waals surface area contributed by atoms with Gasteiger partial charge in [-0.05, 0) is 33.3 Å². The summed E-state index contributed by atoms with van der Waals surface area (Å²) in [5, 5.41) is 0. The number of hydrogen-bond acceptors (Lipinski definition) is 8. The van der Waals surface area contributed by atoms with Gasteiger partial charge in [-0.25, -0.2) is 4.79 Å². The quantitative estimate of drug-likeness (QED) is 0.466. The first-order valence-corrected chi connectivity index (χ1v) is 10.3. The van der Waals surface area contributed by atoms with E-state index in [2.05, 4.69) is 0 Å². The molecule has 0 aromatic heterocycles. The fraction of sp³-hybridized carbons (Fsp3) is 0.682. The van der Waals surface area contributed by atoms with Crippen LogP contribution in [-0.2, 0) is 44.6 Å². The number of rotatable bonds is 8. The Morgan fingerprint density at radius 1 is 1.00 bits per heavy atom. The first-order chi connectivity index (χ1) is 14.2. The SMILES string of the molecule is CC1(C)OCC(C2OC(=O)C3(COCCOCc4ccccc4)OC(C)(C)OC23)O1. The summed E-state index contributed by atoms with van der Waals surface area (Å²) >= 11 is 0. The Hall–Kier alpha value is -1.55. The van der Waals surface area contributed by atoms with E-state index in [1.807, 2.05) is 44.2 Å². The van der Waals surface area contributed by atoms with Crippen molar-refractivity contribution < 1.29 is 38.0 Å².